The maximum absolute atomic E-state index is 5.40. The molecule has 0 radical (unpaired) electrons. The van der Waals surface area contributed by atoms with Crippen LogP contribution in [0.2, 0.25) is 0 Å². The predicted molar refractivity (Wildman–Crippen MR) is 50.7 cm³/mol. The molecule has 72 valence electrons. The van der Waals surface area contributed by atoms with Crippen LogP contribution in [0.15, 0.2) is 18.3 Å². The monoisotopic (exact) mass is 181 g/mol. The molecule has 1 heterocycles. The number of pyridine rings is 1. The zero-order chi connectivity index (χ0) is 9.68. The van der Waals surface area contributed by atoms with Crippen molar-refractivity contribution in [3.8, 4) is 5.88 Å². The first kappa shape index (κ1) is 9.99. The van der Waals surface area contributed by atoms with E-state index in [0.29, 0.717) is 12.5 Å². The van der Waals surface area contributed by atoms with Crippen molar-refractivity contribution in [3.05, 3.63) is 23.9 Å². The van der Waals surface area contributed by atoms with Crippen LogP contribution in [0.4, 0.5) is 0 Å². The Morgan fingerprint density at radius 3 is 2.62 bits per heavy atom. The zero-order valence-corrected chi connectivity index (χ0v) is 8.28. The highest BCUT2D eigenvalue weighted by atomic mass is 16.5. The maximum atomic E-state index is 5.40. The van der Waals surface area contributed by atoms with E-state index in [1.54, 1.807) is 13.3 Å². The van der Waals surface area contributed by atoms with E-state index in [2.05, 4.69) is 4.98 Å². The summed E-state index contributed by atoms with van der Waals surface area (Å²) in [6.45, 7) is 4.55. The molecule has 1 aromatic rings. The zero-order valence-electron chi connectivity index (χ0n) is 8.28. The highest BCUT2D eigenvalue weighted by Gasteiger charge is 1.98. The Morgan fingerprint density at radius 1 is 1.38 bits per heavy atom. The van der Waals surface area contributed by atoms with E-state index in [1.807, 2.05) is 26.0 Å². The van der Waals surface area contributed by atoms with Crippen LogP contribution >= 0.6 is 0 Å². The van der Waals surface area contributed by atoms with Gasteiger partial charge in [0.2, 0.25) is 5.88 Å². The van der Waals surface area contributed by atoms with Gasteiger partial charge in [0.15, 0.2) is 0 Å². The lowest BCUT2D eigenvalue weighted by molar-refractivity contribution is 0.184. The van der Waals surface area contributed by atoms with Gasteiger partial charge in [0.25, 0.3) is 0 Å². The average molecular weight is 181 g/mol. The SMILES string of the molecule is COCc1ccc(OC(C)C)nc1. The lowest BCUT2D eigenvalue weighted by Gasteiger charge is -2.08. The van der Waals surface area contributed by atoms with Crippen molar-refractivity contribution >= 4 is 0 Å². The molecule has 3 heteroatoms. The van der Waals surface area contributed by atoms with Gasteiger partial charge in [0.1, 0.15) is 0 Å². The summed E-state index contributed by atoms with van der Waals surface area (Å²) in [5.74, 6) is 0.662. The smallest absolute Gasteiger partial charge is 0.213 e. The molecule has 0 atom stereocenters. The minimum atomic E-state index is 0.167. The quantitative estimate of drug-likeness (QED) is 0.712. The molecule has 0 aliphatic heterocycles. The number of aromatic nitrogens is 1. The predicted octanol–water partition coefficient (Wildman–Crippen LogP) is 2.02. The summed E-state index contributed by atoms with van der Waals surface area (Å²) in [7, 11) is 1.67. The fourth-order valence-electron chi connectivity index (χ4n) is 0.974. The van der Waals surface area contributed by atoms with Crippen molar-refractivity contribution in [1.29, 1.82) is 0 Å². The van der Waals surface area contributed by atoms with Crippen molar-refractivity contribution in [2.75, 3.05) is 7.11 Å². The van der Waals surface area contributed by atoms with E-state index < -0.39 is 0 Å². The van der Waals surface area contributed by atoms with Gasteiger partial charge in [-0.05, 0) is 25.5 Å². The number of nitrogens with zero attached hydrogens (tertiary/aromatic N) is 1. The average Bonchev–Trinajstić information content (AvgIpc) is 2.08. The van der Waals surface area contributed by atoms with Gasteiger partial charge >= 0.3 is 0 Å². The summed E-state index contributed by atoms with van der Waals surface area (Å²) in [6.07, 6.45) is 1.93. The van der Waals surface area contributed by atoms with Crippen molar-refractivity contribution in [3.63, 3.8) is 0 Å². The second kappa shape index (κ2) is 4.82. The summed E-state index contributed by atoms with van der Waals surface area (Å²) in [5, 5.41) is 0. The molecular weight excluding hydrogens is 166 g/mol. The Labute approximate surface area is 78.7 Å². The number of rotatable bonds is 4. The molecule has 0 N–H and O–H groups in total. The van der Waals surface area contributed by atoms with Crippen molar-refractivity contribution in [1.82, 2.24) is 4.98 Å². The van der Waals surface area contributed by atoms with Gasteiger partial charge in [0, 0.05) is 19.4 Å². The van der Waals surface area contributed by atoms with Crippen molar-refractivity contribution in [2.45, 2.75) is 26.6 Å². The fourth-order valence-corrected chi connectivity index (χ4v) is 0.974. The molecule has 0 bridgehead atoms. The molecule has 0 fully saturated rings. The van der Waals surface area contributed by atoms with Gasteiger partial charge in [-0.25, -0.2) is 4.98 Å². The maximum Gasteiger partial charge on any atom is 0.213 e. The molecule has 0 aliphatic carbocycles. The van der Waals surface area contributed by atoms with Crippen LogP contribution in [-0.4, -0.2) is 18.2 Å². The van der Waals surface area contributed by atoms with Crippen molar-refractivity contribution in [2.24, 2.45) is 0 Å². The molecule has 0 amide bonds. The largest absolute Gasteiger partial charge is 0.475 e. The van der Waals surface area contributed by atoms with Crippen LogP contribution in [0.25, 0.3) is 0 Å². The summed E-state index contributed by atoms with van der Waals surface area (Å²) in [4.78, 5) is 4.14. The second-order valence-corrected chi connectivity index (χ2v) is 3.10. The minimum Gasteiger partial charge on any atom is -0.475 e. The Morgan fingerprint density at radius 2 is 2.15 bits per heavy atom. The molecule has 13 heavy (non-hydrogen) atoms. The van der Waals surface area contributed by atoms with Gasteiger partial charge in [-0.15, -0.1) is 0 Å². The van der Waals surface area contributed by atoms with Gasteiger partial charge in [-0.2, -0.15) is 0 Å². The minimum absolute atomic E-state index is 0.167. The first-order chi connectivity index (χ1) is 6.22. The van der Waals surface area contributed by atoms with E-state index in [0.717, 1.165) is 5.56 Å². The van der Waals surface area contributed by atoms with Crippen molar-refractivity contribution < 1.29 is 9.47 Å². The number of hydrogen-bond donors (Lipinski definition) is 0. The van der Waals surface area contributed by atoms with Gasteiger partial charge in [-0.3, -0.25) is 0 Å². The summed E-state index contributed by atoms with van der Waals surface area (Å²) >= 11 is 0. The molecule has 1 aromatic heterocycles. The summed E-state index contributed by atoms with van der Waals surface area (Å²) in [5.41, 5.74) is 1.05. The fraction of sp³-hybridized carbons (Fsp3) is 0.500. The van der Waals surface area contributed by atoms with Gasteiger partial charge in [0.05, 0.1) is 12.7 Å². The Kier molecular flexibility index (Phi) is 3.71. The molecule has 0 saturated heterocycles. The lowest BCUT2D eigenvalue weighted by atomic mass is 10.3. The summed E-state index contributed by atoms with van der Waals surface area (Å²) in [6, 6.07) is 3.81. The van der Waals surface area contributed by atoms with Crippen LogP contribution in [0, 0.1) is 0 Å². The van der Waals surface area contributed by atoms with Crippen LogP contribution in [0.5, 0.6) is 5.88 Å². The molecule has 0 saturated carbocycles. The van der Waals surface area contributed by atoms with E-state index >= 15 is 0 Å². The first-order valence-electron chi connectivity index (χ1n) is 4.33. The van der Waals surface area contributed by atoms with E-state index in [1.165, 1.54) is 0 Å². The lowest BCUT2D eigenvalue weighted by Crippen LogP contribution is -2.06. The second-order valence-electron chi connectivity index (χ2n) is 3.10. The van der Waals surface area contributed by atoms with Crippen LogP contribution in [-0.2, 0) is 11.3 Å². The van der Waals surface area contributed by atoms with E-state index in [9.17, 15) is 0 Å². The van der Waals surface area contributed by atoms with Crippen LogP contribution in [0.3, 0.4) is 0 Å². The Bertz CT molecular complexity index is 244. The Balaban J connectivity index is 2.59. The normalized spacial score (nSPS) is 10.5. The molecule has 3 nitrogen and oxygen atoms in total. The molecule has 0 unspecified atom stereocenters. The van der Waals surface area contributed by atoms with Crippen LogP contribution < -0.4 is 4.74 Å². The van der Waals surface area contributed by atoms with E-state index in [-0.39, 0.29) is 6.10 Å². The van der Waals surface area contributed by atoms with Gasteiger partial charge < -0.3 is 9.47 Å². The third kappa shape index (κ3) is 3.42. The van der Waals surface area contributed by atoms with Crippen LogP contribution in [0.1, 0.15) is 19.4 Å². The first-order valence-corrected chi connectivity index (χ1v) is 4.33. The van der Waals surface area contributed by atoms with E-state index in [4.69, 9.17) is 9.47 Å². The number of hydrogen-bond acceptors (Lipinski definition) is 3. The molecule has 0 spiro atoms. The molecular formula is C10H15NO2. The standard InChI is InChI=1S/C10H15NO2/c1-8(2)13-10-5-4-9(6-11-10)7-12-3/h4-6,8H,7H2,1-3H3. The molecule has 0 aliphatic rings. The number of methoxy groups -OCH3 is 1. The molecule has 0 aromatic carbocycles. The third-order valence-electron chi connectivity index (χ3n) is 1.47. The highest BCUT2D eigenvalue weighted by Crippen LogP contribution is 2.09. The Hall–Kier alpha value is -1.09. The highest BCUT2D eigenvalue weighted by molar-refractivity contribution is 5.17. The summed E-state index contributed by atoms with van der Waals surface area (Å²) < 4.78 is 10.4. The van der Waals surface area contributed by atoms with Gasteiger partial charge in [-0.1, -0.05) is 0 Å². The third-order valence-corrected chi connectivity index (χ3v) is 1.47. The number of ether oxygens (including phenoxy) is 2. The molecule has 1 rings (SSSR count). The topological polar surface area (TPSA) is 31.4 Å².